The zero-order valence-electron chi connectivity index (χ0n) is 7.02. The number of aryl methyl sites for hydroxylation is 2. The van der Waals surface area contributed by atoms with E-state index in [9.17, 15) is 0 Å². The van der Waals surface area contributed by atoms with E-state index in [1.165, 1.54) is 11.1 Å². The Morgan fingerprint density at radius 2 is 1.57 bits per heavy atom. The predicted octanol–water partition coefficient (Wildman–Crippen LogP) is 5.37. The maximum atomic E-state index is 6.01. The molecule has 0 heterocycles. The van der Waals surface area contributed by atoms with E-state index >= 15 is 0 Å². The van der Waals surface area contributed by atoms with Gasteiger partial charge in [0.2, 0.25) is 0 Å². The summed E-state index contributed by atoms with van der Waals surface area (Å²) in [7, 11) is 0. The second kappa shape index (κ2) is 9.08. The monoisotopic (exact) mass is 216 g/mol. The number of halogens is 1. The second-order valence-electron chi connectivity index (χ2n) is 2.63. The van der Waals surface area contributed by atoms with Crippen LogP contribution < -0.4 is 0 Å². The molecule has 0 N–H and O–H groups in total. The van der Waals surface area contributed by atoms with E-state index in [0.717, 1.165) is 17.9 Å². The molecule has 0 saturated heterocycles. The molecule has 14 heavy (non-hydrogen) atoms. The van der Waals surface area contributed by atoms with Crippen molar-refractivity contribution in [2.75, 3.05) is 0 Å². The third-order valence-electron chi connectivity index (χ3n) is 1.91. The molecule has 1 rings (SSSR count). The number of rotatable bonds is 2. The molecule has 0 aliphatic carbocycles. The third-order valence-corrected chi connectivity index (χ3v) is 2.26. The van der Waals surface area contributed by atoms with Gasteiger partial charge in [0.05, 0.1) is 0 Å². The van der Waals surface area contributed by atoms with Gasteiger partial charge < -0.3 is 0 Å². The molecule has 0 fully saturated rings. The first-order valence-corrected chi connectivity index (χ1v) is 4.43. The lowest BCUT2D eigenvalue weighted by Gasteiger charge is -2.02. The van der Waals surface area contributed by atoms with E-state index < -0.39 is 0 Å². The maximum Gasteiger partial charge on any atom is 0.0440 e. The van der Waals surface area contributed by atoms with Crippen LogP contribution in [0.2, 0.25) is 5.02 Å². The van der Waals surface area contributed by atoms with Crippen molar-refractivity contribution < 1.29 is 0 Å². The summed E-state index contributed by atoms with van der Waals surface area (Å²) in [6.07, 6.45) is 2.08. The lowest BCUT2D eigenvalue weighted by molar-refractivity contribution is 1.10. The first kappa shape index (κ1) is 19.1. The van der Waals surface area contributed by atoms with Gasteiger partial charge >= 0.3 is 0 Å². The van der Waals surface area contributed by atoms with Gasteiger partial charge in [0, 0.05) is 5.02 Å². The van der Waals surface area contributed by atoms with E-state index in [0.29, 0.717) is 0 Å². The third kappa shape index (κ3) is 4.66. The minimum Gasteiger partial charge on any atom is -0.0840 e. The smallest absolute Gasteiger partial charge is 0.0440 e. The maximum absolute atomic E-state index is 6.01. The largest absolute Gasteiger partial charge is 0.0840 e. The van der Waals surface area contributed by atoms with Crippen LogP contribution in [0.25, 0.3) is 0 Å². The van der Waals surface area contributed by atoms with Gasteiger partial charge in [0.1, 0.15) is 0 Å². The molecule has 0 unspecified atom stereocenters. The van der Waals surface area contributed by atoms with Crippen LogP contribution in [0.5, 0.6) is 0 Å². The predicted molar refractivity (Wildman–Crippen MR) is 70.4 cm³/mol. The van der Waals surface area contributed by atoms with E-state index in [1.54, 1.807) is 0 Å². The number of hydrogen-bond acceptors (Lipinski definition) is 0. The fourth-order valence-corrected chi connectivity index (χ4v) is 1.43. The van der Waals surface area contributed by atoms with Crippen LogP contribution in [-0.4, -0.2) is 0 Å². The summed E-state index contributed by atoms with van der Waals surface area (Å²) >= 11 is 6.01. The Morgan fingerprint density at radius 1 is 1.00 bits per heavy atom. The summed E-state index contributed by atoms with van der Waals surface area (Å²) in [5.74, 6) is 0. The fraction of sp³-hybridized carbons (Fsp3) is 0.538. The van der Waals surface area contributed by atoms with Crippen LogP contribution in [-0.2, 0) is 12.8 Å². The summed E-state index contributed by atoms with van der Waals surface area (Å²) in [4.78, 5) is 0. The first-order chi connectivity index (χ1) is 5.27. The average molecular weight is 217 g/mol. The van der Waals surface area contributed by atoms with Gasteiger partial charge in [-0.1, -0.05) is 59.9 Å². The minimum absolute atomic E-state index is 0. The van der Waals surface area contributed by atoms with Gasteiger partial charge in [-0.2, -0.15) is 0 Å². The van der Waals surface area contributed by atoms with Crippen molar-refractivity contribution in [1.82, 2.24) is 0 Å². The molecule has 0 atom stereocenters. The van der Waals surface area contributed by atoms with Gasteiger partial charge in [-0.05, 0) is 30.0 Å². The number of benzene rings is 1. The molecule has 0 aromatic heterocycles. The molecule has 0 aliphatic rings. The molecule has 0 nitrogen and oxygen atoms in total. The van der Waals surface area contributed by atoms with Crippen LogP contribution in [0.15, 0.2) is 18.2 Å². The Kier molecular flexibility index (Phi) is 12.4. The summed E-state index contributed by atoms with van der Waals surface area (Å²) in [6, 6.07) is 6.31. The van der Waals surface area contributed by atoms with Crippen molar-refractivity contribution >= 4 is 11.6 Å². The molecule has 0 saturated carbocycles. The van der Waals surface area contributed by atoms with Crippen molar-refractivity contribution in [1.29, 1.82) is 0 Å². The molecule has 0 bridgehead atoms. The topological polar surface area (TPSA) is 0 Å². The average Bonchev–Trinajstić information content (AvgIpc) is 2.04. The molecule has 0 spiro atoms. The van der Waals surface area contributed by atoms with E-state index in [-0.39, 0.29) is 22.3 Å². The van der Waals surface area contributed by atoms with Crippen LogP contribution in [0.4, 0.5) is 0 Å². The second-order valence-corrected chi connectivity index (χ2v) is 3.04. The lowest BCUT2D eigenvalue weighted by Crippen LogP contribution is -1.85. The summed E-state index contributed by atoms with van der Waals surface area (Å²) in [6.45, 7) is 4.25. The Labute approximate surface area is 95.3 Å². The summed E-state index contributed by atoms with van der Waals surface area (Å²) < 4.78 is 0. The van der Waals surface area contributed by atoms with Gasteiger partial charge in [-0.25, -0.2) is 0 Å². The van der Waals surface area contributed by atoms with Crippen molar-refractivity contribution in [2.45, 2.75) is 49.0 Å². The van der Waals surface area contributed by atoms with Gasteiger partial charge in [-0.15, -0.1) is 0 Å². The quantitative estimate of drug-likeness (QED) is 0.623. The highest BCUT2D eigenvalue weighted by atomic mass is 35.5. The standard InChI is InChI=1S/C10H13Cl.3CH4/c1-3-8-5-6-9(4-2)10(11)7-8;;;/h5-7H,3-4H2,1-2H3;3*1H4. The van der Waals surface area contributed by atoms with Crippen LogP contribution in [0, 0.1) is 0 Å². The normalized spacial score (nSPS) is 7.93. The zero-order chi connectivity index (χ0) is 8.27. The highest BCUT2D eigenvalue weighted by molar-refractivity contribution is 6.31. The SMILES string of the molecule is C.C.C.CCc1ccc(CC)c(Cl)c1. The van der Waals surface area contributed by atoms with Gasteiger partial charge in [0.15, 0.2) is 0 Å². The first-order valence-electron chi connectivity index (χ1n) is 4.05. The molecule has 84 valence electrons. The van der Waals surface area contributed by atoms with Gasteiger partial charge in [-0.3, -0.25) is 0 Å². The minimum atomic E-state index is 0. The zero-order valence-corrected chi connectivity index (χ0v) is 7.78. The summed E-state index contributed by atoms with van der Waals surface area (Å²) in [5.41, 5.74) is 2.55. The Balaban J connectivity index is -0.000000403. The van der Waals surface area contributed by atoms with Crippen molar-refractivity contribution in [2.24, 2.45) is 0 Å². The molecule has 0 amide bonds. The molecule has 0 aliphatic heterocycles. The molecular weight excluding hydrogens is 192 g/mol. The van der Waals surface area contributed by atoms with Crippen LogP contribution >= 0.6 is 11.6 Å². The highest BCUT2D eigenvalue weighted by Gasteiger charge is 1.97. The lowest BCUT2D eigenvalue weighted by atomic mass is 10.1. The van der Waals surface area contributed by atoms with Crippen LogP contribution in [0.3, 0.4) is 0 Å². The van der Waals surface area contributed by atoms with Crippen LogP contribution in [0.1, 0.15) is 47.3 Å². The molecular formula is C13H25Cl. The Bertz CT molecular complexity index is 241. The van der Waals surface area contributed by atoms with E-state index in [1.807, 2.05) is 0 Å². The molecule has 0 radical (unpaired) electrons. The number of hydrogen-bond donors (Lipinski definition) is 0. The van der Waals surface area contributed by atoms with Gasteiger partial charge in [0.25, 0.3) is 0 Å². The molecule has 1 aromatic carbocycles. The Hall–Kier alpha value is -0.490. The van der Waals surface area contributed by atoms with E-state index in [2.05, 4.69) is 32.0 Å². The van der Waals surface area contributed by atoms with Crippen molar-refractivity contribution in [3.63, 3.8) is 0 Å². The van der Waals surface area contributed by atoms with Crippen molar-refractivity contribution in [3.8, 4) is 0 Å². The highest BCUT2D eigenvalue weighted by Crippen LogP contribution is 2.18. The Morgan fingerprint density at radius 3 is 1.93 bits per heavy atom. The summed E-state index contributed by atoms with van der Waals surface area (Å²) in [5, 5.41) is 0.909. The molecule has 1 aromatic rings. The van der Waals surface area contributed by atoms with E-state index in [4.69, 9.17) is 11.6 Å². The fourth-order valence-electron chi connectivity index (χ4n) is 1.10. The van der Waals surface area contributed by atoms with Crippen molar-refractivity contribution in [3.05, 3.63) is 34.3 Å². The molecule has 1 heteroatoms.